The third-order valence-corrected chi connectivity index (χ3v) is 8.65. The normalized spacial score (nSPS) is 24.6. The molecule has 4 rings (SSSR count). The van der Waals surface area contributed by atoms with Gasteiger partial charge < -0.3 is 15.2 Å². The number of aryl methyl sites for hydroxylation is 1. The maximum absolute atomic E-state index is 14.8. The lowest BCUT2D eigenvalue weighted by molar-refractivity contribution is 0.101. The number of rotatable bonds is 3. The minimum absolute atomic E-state index is 0.0470. The van der Waals surface area contributed by atoms with E-state index in [1.807, 2.05) is 0 Å². The number of nitrogens with one attached hydrogen (secondary N) is 3. The van der Waals surface area contributed by atoms with Crippen molar-refractivity contribution in [2.45, 2.75) is 49.8 Å². The van der Waals surface area contributed by atoms with Gasteiger partial charge in [-0.3, -0.25) is 10.2 Å². The average Bonchev–Trinajstić information content (AvgIpc) is 3.32. The van der Waals surface area contributed by atoms with Gasteiger partial charge in [0.25, 0.3) is 11.7 Å². The Kier molecular flexibility index (Phi) is 4.68. The zero-order chi connectivity index (χ0) is 21.7. The number of carbonyl (C=O) groups is 1. The molecule has 0 radical (unpaired) electrons. The summed E-state index contributed by atoms with van der Waals surface area (Å²) in [6, 6.07) is 3.87. The van der Waals surface area contributed by atoms with Gasteiger partial charge in [-0.2, -0.15) is 4.98 Å². The van der Waals surface area contributed by atoms with Crippen LogP contribution < -0.4 is 10.6 Å². The van der Waals surface area contributed by atoms with E-state index in [0.717, 1.165) is 18.9 Å². The predicted molar refractivity (Wildman–Crippen MR) is 107 cm³/mol. The average molecular weight is 435 g/mol. The molecule has 2 fully saturated rings. The summed E-state index contributed by atoms with van der Waals surface area (Å²) >= 11 is 0. The summed E-state index contributed by atoms with van der Waals surface area (Å²) in [5, 5.41) is 17.5. The number of sulfone groups is 1. The van der Waals surface area contributed by atoms with E-state index in [4.69, 9.17) is 9.93 Å². The highest BCUT2D eigenvalue weighted by molar-refractivity contribution is 7.93. The van der Waals surface area contributed by atoms with Gasteiger partial charge in [0.15, 0.2) is 9.84 Å². The number of halogens is 1. The van der Waals surface area contributed by atoms with Crippen LogP contribution in [0.25, 0.3) is 0 Å². The van der Waals surface area contributed by atoms with Crippen molar-refractivity contribution >= 4 is 27.3 Å². The zero-order valence-corrected chi connectivity index (χ0v) is 17.4. The molecule has 0 unspecified atom stereocenters. The minimum Gasteiger partial charge on any atom is -0.362 e. The van der Waals surface area contributed by atoms with E-state index in [-0.39, 0.29) is 34.6 Å². The van der Waals surface area contributed by atoms with Crippen LogP contribution >= 0.6 is 0 Å². The fourth-order valence-electron chi connectivity index (χ4n) is 4.36. The molecule has 2 heterocycles. The largest absolute Gasteiger partial charge is 0.362 e. The standard InChI is InChI=1S/C19H22FN5O4S/c1-11-22-15(25-29-11)16(26)23-12-5-6-14(20)13(9-12)18(2)10-30(27,28)19(17(21)24-18)7-3-4-8-19/h5-6,9H,3-4,7-8,10H2,1-2H3,(H2,21,24)(H,23,26)/t18-/m0/s1. The summed E-state index contributed by atoms with van der Waals surface area (Å²) in [7, 11) is -3.69. The Labute approximate surface area is 172 Å². The monoisotopic (exact) mass is 435 g/mol. The van der Waals surface area contributed by atoms with Gasteiger partial charge in [-0.25, -0.2) is 12.8 Å². The summed E-state index contributed by atoms with van der Waals surface area (Å²) < 4.78 is 44.7. The van der Waals surface area contributed by atoms with Crippen LogP contribution in [0.2, 0.25) is 0 Å². The molecule has 30 heavy (non-hydrogen) atoms. The number of nitrogens with zero attached hydrogens (tertiary/aromatic N) is 2. The number of amidine groups is 1. The molecule has 1 saturated carbocycles. The van der Waals surface area contributed by atoms with Crippen molar-refractivity contribution in [1.29, 1.82) is 5.41 Å². The lowest BCUT2D eigenvalue weighted by Crippen LogP contribution is -2.65. The highest BCUT2D eigenvalue weighted by Crippen LogP contribution is 2.44. The number of carbonyl (C=O) groups excluding carboxylic acids is 1. The van der Waals surface area contributed by atoms with Crippen molar-refractivity contribution in [1.82, 2.24) is 15.5 Å². The van der Waals surface area contributed by atoms with Gasteiger partial charge in [-0.15, -0.1) is 0 Å². The molecule has 1 saturated heterocycles. The van der Waals surface area contributed by atoms with Gasteiger partial charge >= 0.3 is 0 Å². The van der Waals surface area contributed by atoms with Crippen molar-refractivity contribution in [3.05, 3.63) is 41.3 Å². The van der Waals surface area contributed by atoms with Crippen LogP contribution in [0.3, 0.4) is 0 Å². The molecule has 2 aliphatic rings. The molecular weight excluding hydrogens is 413 g/mol. The number of amides is 1. The summed E-state index contributed by atoms with van der Waals surface area (Å²) in [4.78, 5) is 16.1. The molecule has 0 bridgehead atoms. The van der Waals surface area contributed by atoms with Crippen LogP contribution in [-0.2, 0) is 15.4 Å². The number of benzene rings is 1. The number of aromatic nitrogens is 2. The van der Waals surface area contributed by atoms with Crippen molar-refractivity contribution in [2.24, 2.45) is 0 Å². The van der Waals surface area contributed by atoms with Gasteiger partial charge in [-0.05, 0) is 38.0 Å². The molecule has 1 amide bonds. The molecule has 1 aliphatic carbocycles. The molecule has 1 atom stereocenters. The van der Waals surface area contributed by atoms with Crippen LogP contribution in [-0.4, -0.2) is 40.8 Å². The molecule has 160 valence electrons. The highest BCUT2D eigenvalue weighted by Gasteiger charge is 2.57. The lowest BCUT2D eigenvalue weighted by atomic mass is 9.90. The maximum atomic E-state index is 14.8. The molecule has 1 aromatic carbocycles. The third kappa shape index (κ3) is 3.17. The van der Waals surface area contributed by atoms with Gasteiger partial charge in [0.05, 0.1) is 11.3 Å². The Morgan fingerprint density at radius 2 is 2.03 bits per heavy atom. The van der Waals surface area contributed by atoms with Crippen molar-refractivity contribution in [3.8, 4) is 0 Å². The minimum atomic E-state index is -3.69. The first-order valence-corrected chi connectivity index (χ1v) is 11.2. The Hall–Kier alpha value is -2.82. The molecular formula is C19H22FN5O4S. The van der Waals surface area contributed by atoms with E-state index in [1.165, 1.54) is 12.1 Å². The summed E-state index contributed by atoms with van der Waals surface area (Å²) in [6.07, 6.45) is 2.29. The molecule has 3 N–H and O–H groups in total. The fourth-order valence-corrected chi connectivity index (χ4v) is 6.89. The number of anilines is 1. The Balaban J connectivity index is 1.66. The fraction of sp³-hybridized carbons (Fsp3) is 0.474. The quantitative estimate of drug-likeness (QED) is 0.672. The highest BCUT2D eigenvalue weighted by atomic mass is 32.2. The molecule has 1 aromatic heterocycles. The lowest BCUT2D eigenvalue weighted by Gasteiger charge is -2.44. The van der Waals surface area contributed by atoms with E-state index in [2.05, 4.69) is 20.8 Å². The smallest absolute Gasteiger partial charge is 0.297 e. The molecule has 11 heteroatoms. The first kappa shape index (κ1) is 20.5. The second-order valence-corrected chi connectivity index (χ2v) is 10.4. The predicted octanol–water partition coefficient (Wildman–Crippen LogP) is 2.29. The van der Waals surface area contributed by atoms with E-state index in [0.29, 0.717) is 12.8 Å². The van der Waals surface area contributed by atoms with E-state index < -0.39 is 31.8 Å². The summed E-state index contributed by atoms with van der Waals surface area (Å²) in [5.41, 5.74) is -1.06. The number of hydrogen-bond acceptors (Lipinski definition) is 7. The van der Waals surface area contributed by atoms with Crippen LogP contribution in [0, 0.1) is 18.2 Å². The second-order valence-electron chi connectivity index (χ2n) is 8.08. The second kappa shape index (κ2) is 6.86. The van der Waals surface area contributed by atoms with Gasteiger partial charge in [0, 0.05) is 18.2 Å². The third-order valence-electron chi connectivity index (χ3n) is 5.89. The maximum Gasteiger partial charge on any atom is 0.297 e. The van der Waals surface area contributed by atoms with Gasteiger partial charge in [-0.1, -0.05) is 18.0 Å². The van der Waals surface area contributed by atoms with Gasteiger partial charge in [0.2, 0.25) is 5.89 Å². The van der Waals surface area contributed by atoms with Crippen LogP contribution in [0.5, 0.6) is 0 Å². The summed E-state index contributed by atoms with van der Waals surface area (Å²) in [5.74, 6) is -1.66. The van der Waals surface area contributed by atoms with E-state index in [9.17, 15) is 17.6 Å². The number of hydrogen-bond donors (Lipinski definition) is 3. The van der Waals surface area contributed by atoms with Crippen molar-refractivity contribution < 1.29 is 22.1 Å². The molecule has 9 nitrogen and oxygen atoms in total. The van der Waals surface area contributed by atoms with Crippen LogP contribution in [0.4, 0.5) is 10.1 Å². The Bertz CT molecular complexity index is 1140. The first-order chi connectivity index (χ1) is 14.1. The van der Waals surface area contributed by atoms with E-state index >= 15 is 0 Å². The molecule has 1 spiro atoms. The SMILES string of the molecule is Cc1nc(C(=O)Nc2ccc(F)c([C@]3(C)CS(=O)(=O)C4(CCCC4)C(=N)N3)c2)no1. The first-order valence-electron chi connectivity index (χ1n) is 9.58. The van der Waals surface area contributed by atoms with Crippen molar-refractivity contribution in [2.75, 3.05) is 11.1 Å². The van der Waals surface area contributed by atoms with Gasteiger partial charge in [0.1, 0.15) is 16.4 Å². The Morgan fingerprint density at radius 3 is 2.63 bits per heavy atom. The van der Waals surface area contributed by atoms with Crippen LogP contribution in [0.1, 0.15) is 54.7 Å². The Morgan fingerprint density at radius 1 is 1.33 bits per heavy atom. The van der Waals surface area contributed by atoms with Crippen LogP contribution in [0.15, 0.2) is 22.7 Å². The zero-order valence-electron chi connectivity index (χ0n) is 16.6. The van der Waals surface area contributed by atoms with E-state index in [1.54, 1.807) is 13.8 Å². The molecule has 1 aliphatic heterocycles. The summed E-state index contributed by atoms with van der Waals surface area (Å²) in [6.45, 7) is 3.09. The topological polar surface area (TPSA) is 138 Å². The van der Waals surface area contributed by atoms with Crippen molar-refractivity contribution in [3.63, 3.8) is 0 Å². The molecule has 2 aromatic rings.